The van der Waals surface area contributed by atoms with Crippen molar-refractivity contribution in [1.29, 1.82) is 0 Å². The molecule has 0 radical (unpaired) electrons. The van der Waals surface area contributed by atoms with Crippen molar-refractivity contribution in [3.8, 4) is 16.9 Å². The Hall–Kier alpha value is -3.24. The molecule has 198 valence electrons. The molecule has 5 rings (SSSR count). The second kappa shape index (κ2) is 11.7. The third-order valence-electron chi connectivity index (χ3n) is 6.82. The first-order valence-electron chi connectivity index (χ1n) is 12.2. The summed E-state index contributed by atoms with van der Waals surface area (Å²) in [6, 6.07) is 10.9. The van der Waals surface area contributed by atoms with Crippen molar-refractivity contribution in [2.75, 3.05) is 57.9 Å². The summed E-state index contributed by atoms with van der Waals surface area (Å²) < 4.78 is 11.0. The van der Waals surface area contributed by atoms with Crippen LogP contribution in [-0.4, -0.2) is 84.6 Å². The van der Waals surface area contributed by atoms with Crippen molar-refractivity contribution in [2.24, 2.45) is 0 Å². The van der Waals surface area contributed by atoms with Crippen LogP contribution in [0.3, 0.4) is 0 Å². The number of ether oxygens (including phenoxy) is 2. The van der Waals surface area contributed by atoms with Gasteiger partial charge in [0.2, 0.25) is 5.91 Å². The van der Waals surface area contributed by atoms with Crippen molar-refractivity contribution in [2.45, 2.75) is 6.04 Å². The molecule has 11 heteroatoms. The maximum absolute atomic E-state index is 13.6. The number of fused-ring (bicyclic) bond motifs is 1. The van der Waals surface area contributed by atoms with E-state index in [1.54, 1.807) is 36.5 Å². The van der Waals surface area contributed by atoms with Crippen LogP contribution in [0.2, 0.25) is 10.0 Å². The summed E-state index contributed by atoms with van der Waals surface area (Å²) in [6.45, 7) is 3.18. The molecule has 1 unspecified atom stereocenters. The van der Waals surface area contributed by atoms with E-state index in [0.29, 0.717) is 36.2 Å². The van der Waals surface area contributed by atoms with Gasteiger partial charge in [0.15, 0.2) is 6.61 Å². The monoisotopic (exact) mass is 555 g/mol. The molecular formula is C27H27Cl2N5O4. The fourth-order valence-electron chi connectivity index (χ4n) is 4.62. The van der Waals surface area contributed by atoms with Gasteiger partial charge in [0.05, 0.1) is 35.0 Å². The number of hydrogen-bond donors (Lipinski definition) is 0. The lowest BCUT2D eigenvalue weighted by Gasteiger charge is -2.37. The second-order valence-corrected chi connectivity index (χ2v) is 10.00. The van der Waals surface area contributed by atoms with Crippen LogP contribution in [0.1, 0.15) is 11.6 Å². The molecule has 2 amide bonds. The quantitative estimate of drug-likeness (QED) is 0.439. The SMILES string of the molecule is CN(C(=O)CN1C(=O)COc2cc(Cl)c(Cl)cc21)C(CN1CCOCC1)c1ccc(-c2cncnc2)cc1. The Bertz CT molecular complexity index is 1300. The van der Waals surface area contributed by atoms with Gasteiger partial charge in [0, 0.05) is 50.7 Å². The van der Waals surface area contributed by atoms with Crippen molar-refractivity contribution in [3.63, 3.8) is 0 Å². The zero-order chi connectivity index (χ0) is 26.6. The normalized spacial score (nSPS) is 16.5. The zero-order valence-electron chi connectivity index (χ0n) is 20.8. The number of nitrogens with zero attached hydrogens (tertiary/aromatic N) is 5. The van der Waals surface area contributed by atoms with Gasteiger partial charge < -0.3 is 14.4 Å². The van der Waals surface area contributed by atoms with Gasteiger partial charge in [-0.15, -0.1) is 0 Å². The van der Waals surface area contributed by atoms with E-state index in [-0.39, 0.29) is 36.0 Å². The molecule has 0 spiro atoms. The molecule has 0 N–H and O–H groups in total. The Labute approximate surface area is 230 Å². The van der Waals surface area contributed by atoms with Crippen LogP contribution in [-0.2, 0) is 14.3 Å². The number of rotatable bonds is 7. The molecule has 0 aliphatic carbocycles. The predicted octanol–water partition coefficient (Wildman–Crippen LogP) is 3.71. The molecule has 2 aliphatic rings. The number of benzene rings is 2. The Morgan fingerprint density at radius 3 is 2.45 bits per heavy atom. The van der Waals surface area contributed by atoms with Crippen molar-refractivity contribution in [3.05, 3.63) is 70.7 Å². The minimum Gasteiger partial charge on any atom is -0.482 e. The number of anilines is 1. The van der Waals surface area contributed by atoms with E-state index in [0.717, 1.165) is 29.8 Å². The summed E-state index contributed by atoms with van der Waals surface area (Å²) in [5.74, 6) is -0.118. The summed E-state index contributed by atoms with van der Waals surface area (Å²) in [5, 5.41) is 0.600. The molecular weight excluding hydrogens is 529 g/mol. The third-order valence-corrected chi connectivity index (χ3v) is 7.55. The number of likely N-dealkylation sites (N-methyl/N-ethyl adjacent to an activating group) is 1. The van der Waals surface area contributed by atoms with Crippen LogP contribution in [0.4, 0.5) is 5.69 Å². The average Bonchev–Trinajstić information content (AvgIpc) is 2.95. The van der Waals surface area contributed by atoms with Gasteiger partial charge in [0.25, 0.3) is 5.91 Å². The first-order valence-corrected chi connectivity index (χ1v) is 13.0. The third kappa shape index (κ3) is 5.76. The van der Waals surface area contributed by atoms with E-state index < -0.39 is 0 Å². The van der Waals surface area contributed by atoms with Crippen molar-refractivity contribution < 1.29 is 19.1 Å². The first-order chi connectivity index (χ1) is 18.4. The van der Waals surface area contributed by atoms with Crippen LogP contribution in [0.25, 0.3) is 11.1 Å². The molecule has 1 atom stereocenters. The number of carbonyl (C=O) groups excluding carboxylic acids is 2. The lowest BCUT2D eigenvalue weighted by Crippen LogP contribution is -2.48. The lowest BCUT2D eigenvalue weighted by molar-refractivity contribution is -0.133. The van der Waals surface area contributed by atoms with Gasteiger partial charge in [0.1, 0.15) is 18.6 Å². The fourth-order valence-corrected chi connectivity index (χ4v) is 4.93. The van der Waals surface area contributed by atoms with Gasteiger partial charge in [-0.25, -0.2) is 9.97 Å². The molecule has 1 saturated heterocycles. The molecule has 9 nitrogen and oxygen atoms in total. The smallest absolute Gasteiger partial charge is 0.265 e. The van der Waals surface area contributed by atoms with Crippen LogP contribution in [0, 0.1) is 0 Å². The number of hydrogen-bond acceptors (Lipinski definition) is 7. The van der Waals surface area contributed by atoms with Crippen LogP contribution >= 0.6 is 23.2 Å². The molecule has 38 heavy (non-hydrogen) atoms. The molecule has 1 fully saturated rings. The maximum atomic E-state index is 13.6. The van der Waals surface area contributed by atoms with Gasteiger partial charge in [-0.05, 0) is 17.2 Å². The summed E-state index contributed by atoms with van der Waals surface area (Å²) in [7, 11) is 1.77. The fraction of sp³-hybridized carbons (Fsp3) is 0.333. The Balaban J connectivity index is 1.39. The van der Waals surface area contributed by atoms with E-state index in [9.17, 15) is 9.59 Å². The van der Waals surface area contributed by atoms with E-state index in [1.165, 1.54) is 11.2 Å². The van der Waals surface area contributed by atoms with Gasteiger partial charge in [-0.2, -0.15) is 0 Å². The van der Waals surface area contributed by atoms with E-state index in [4.69, 9.17) is 32.7 Å². The second-order valence-electron chi connectivity index (χ2n) is 9.19. The molecule has 3 heterocycles. The van der Waals surface area contributed by atoms with Gasteiger partial charge >= 0.3 is 0 Å². The number of morpholine rings is 1. The molecule has 3 aromatic rings. The molecule has 0 saturated carbocycles. The van der Waals surface area contributed by atoms with Gasteiger partial charge in [-0.3, -0.25) is 19.4 Å². The highest BCUT2D eigenvalue weighted by molar-refractivity contribution is 6.42. The maximum Gasteiger partial charge on any atom is 0.265 e. The highest BCUT2D eigenvalue weighted by Crippen LogP contribution is 2.39. The zero-order valence-corrected chi connectivity index (χ0v) is 22.4. The topological polar surface area (TPSA) is 88.1 Å². The van der Waals surface area contributed by atoms with E-state index in [1.807, 2.05) is 24.3 Å². The molecule has 0 bridgehead atoms. The average molecular weight is 556 g/mol. The Morgan fingerprint density at radius 1 is 1.05 bits per heavy atom. The minimum absolute atomic E-state index is 0.150. The van der Waals surface area contributed by atoms with Gasteiger partial charge in [-0.1, -0.05) is 47.5 Å². The van der Waals surface area contributed by atoms with Crippen LogP contribution in [0.5, 0.6) is 5.75 Å². The number of amides is 2. The van der Waals surface area contributed by atoms with Crippen LogP contribution in [0.15, 0.2) is 55.1 Å². The number of halogens is 2. The lowest BCUT2D eigenvalue weighted by atomic mass is 10.0. The Morgan fingerprint density at radius 2 is 1.74 bits per heavy atom. The standard InChI is InChI=1S/C27H27Cl2N5O4/c1-32(26(35)15-34-23-10-21(28)22(29)11-25(23)38-16-27(34)36)24(14-33-6-8-37-9-7-33)19-4-2-18(3-5-19)20-12-30-17-31-13-20/h2-5,10-13,17,24H,6-9,14-16H2,1H3. The number of carbonyl (C=O) groups is 2. The van der Waals surface area contributed by atoms with E-state index >= 15 is 0 Å². The van der Waals surface area contributed by atoms with Crippen molar-refractivity contribution in [1.82, 2.24) is 19.8 Å². The molecule has 2 aromatic carbocycles. The summed E-state index contributed by atoms with van der Waals surface area (Å²) in [5.41, 5.74) is 3.31. The summed E-state index contributed by atoms with van der Waals surface area (Å²) in [6.07, 6.45) is 5.02. The van der Waals surface area contributed by atoms with Crippen LogP contribution < -0.4 is 9.64 Å². The highest BCUT2D eigenvalue weighted by Gasteiger charge is 2.32. The van der Waals surface area contributed by atoms with E-state index in [2.05, 4.69) is 14.9 Å². The molecule has 1 aromatic heterocycles. The van der Waals surface area contributed by atoms with Crippen molar-refractivity contribution >= 4 is 40.7 Å². The highest BCUT2D eigenvalue weighted by atomic mass is 35.5. The predicted molar refractivity (Wildman–Crippen MR) is 145 cm³/mol. The minimum atomic E-state index is -0.322. The Kier molecular flexibility index (Phi) is 8.09. The first kappa shape index (κ1) is 26.4. The summed E-state index contributed by atoms with van der Waals surface area (Å²) >= 11 is 12.3. The molecule has 2 aliphatic heterocycles. The number of aromatic nitrogens is 2. The largest absolute Gasteiger partial charge is 0.482 e. The summed E-state index contributed by atoms with van der Waals surface area (Å²) in [4.78, 5) is 40.0.